The zero-order valence-electron chi connectivity index (χ0n) is 42.7. The smallest absolute Gasteiger partial charge is 0.246 e. The van der Waals surface area contributed by atoms with E-state index >= 15 is 0 Å². The van der Waals surface area contributed by atoms with E-state index in [-0.39, 0.29) is 77.9 Å². The molecular weight excluding hydrogens is 973 g/mol. The van der Waals surface area contributed by atoms with E-state index < -0.39 is 23.5 Å². The Kier molecular flexibility index (Phi) is 19.4. The highest BCUT2D eigenvalue weighted by Crippen LogP contribution is 2.47. The number of likely N-dealkylation sites (N-methyl/N-ethyl adjacent to an activating group) is 1. The molecular formula is C52H76N10O5S4. The Morgan fingerprint density at radius 3 is 2.06 bits per heavy atom. The Morgan fingerprint density at radius 2 is 1.41 bits per heavy atom. The minimum Gasteiger partial charge on any atom is -0.377 e. The van der Waals surface area contributed by atoms with Crippen LogP contribution in [0.25, 0.3) is 0 Å². The van der Waals surface area contributed by atoms with Gasteiger partial charge in [-0.1, -0.05) is 132 Å². The fourth-order valence-electron chi connectivity index (χ4n) is 10.3. The van der Waals surface area contributed by atoms with Gasteiger partial charge in [0.1, 0.15) is 17.8 Å². The van der Waals surface area contributed by atoms with Crippen LogP contribution < -0.4 is 26.6 Å². The van der Waals surface area contributed by atoms with E-state index in [4.69, 9.17) is 33.9 Å². The number of thiocarbonyl (C=S) groups is 2. The molecule has 4 fully saturated rings. The van der Waals surface area contributed by atoms with Crippen LogP contribution in [-0.2, 0) is 37.0 Å². The highest BCUT2D eigenvalue weighted by atomic mass is 32.2. The van der Waals surface area contributed by atoms with Crippen molar-refractivity contribution in [2.24, 2.45) is 16.7 Å². The first-order valence-electron chi connectivity index (χ1n) is 25.3. The molecule has 5 N–H and O–H groups in total. The van der Waals surface area contributed by atoms with Crippen molar-refractivity contribution in [1.29, 1.82) is 0 Å². The van der Waals surface area contributed by atoms with Gasteiger partial charge in [-0.05, 0) is 79.5 Å². The van der Waals surface area contributed by atoms with E-state index in [2.05, 4.69) is 83.3 Å². The van der Waals surface area contributed by atoms with E-state index in [1.54, 1.807) is 16.4 Å². The first kappa shape index (κ1) is 55.1. The van der Waals surface area contributed by atoms with Crippen molar-refractivity contribution in [3.05, 3.63) is 83.7 Å². The standard InChI is InChI=1S/C52H76N10O5S4/c1-9-33(2)48(68)54-37-20-24-70-42-26-51(4,5)44(61(42)29-37)46(63)55-41(36-18-14-11-15-19-36)32-67-30-38-28-60(59-58-38)22-23-66-31-40(35-16-12-10-13-17-35)56-47(64)45-52(6,7)27-43-62(45)50(65)39(21-25-71-43)57-49(69)34(3)53-8/h10-19,28,33-34,37,39-45,53H,9,20-27,29-32H2,1-8H3,(H,54,68)(H,55,63)(H,56,64)(H,57,69)/t33-,34+,37+,39+,40-,41-,42+,43+,44-,45-/m1/s1. The second-order valence-electron chi connectivity index (χ2n) is 21.0. The van der Waals surface area contributed by atoms with Gasteiger partial charge in [0.25, 0.3) is 0 Å². The molecule has 71 heavy (non-hydrogen) atoms. The second-order valence-corrected chi connectivity index (χ2v) is 24.4. The monoisotopic (exact) mass is 1050 g/mol. The molecule has 0 radical (unpaired) electrons. The quantitative estimate of drug-likeness (QED) is 0.0587. The molecule has 388 valence electrons. The molecule has 4 saturated heterocycles. The van der Waals surface area contributed by atoms with E-state index in [0.717, 1.165) is 53.4 Å². The lowest BCUT2D eigenvalue weighted by Crippen LogP contribution is -2.58. The fourth-order valence-corrected chi connectivity index (χ4v) is 14.1. The maximum Gasteiger partial charge on any atom is 0.246 e. The van der Waals surface area contributed by atoms with Gasteiger partial charge in [-0.3, -0.25) is 19.3 Å². The van der Waals surface area contributed by atoms with Crippen LogP contribution in [0.2, 0.25) is 0 Å². The highest BCUT2D eigenvalue weighted by Gasteiger charge is 2.55. The Labute approximate surface area is 440 Å². The van der Waals surface area contributed by atoms with Crippen LogP contribution in [0.3, 0.4) is 0 Å². The van der Waals surface area contributed by atoms with Crippen molar-refractivity contribution in [3.8, 4) is 0 Å². The molecule has 10 atom stereocenters. The number of amides is 3. The third-order valence-electron chi connectivity index (χ3n) is 14.6. The molecule has 3 aromatic rings. The number of carbonyl (C=O) groups is 3. The predicted molar refractivity (Wildman–Crippen MR) is 292 cm³/mol. The van der Waals surface area contributed by atoms with Gasteiger partial charge in [-0.2, -0.15) is 0 Å². The molecule has 0 spiro atoms. The molecule has 2 aromatic carbocycles. The average molecular weight is 1050 g/mol. The van der Waals surface area contributed by atoms with Crippen molar-refractivity contribution in [3.63, 3.8) is 0 Å². The van der Waals surface area contributed by atoms with Crippen molar-refractivity contribution in [2.45, 2.75) is 147 Å². The highest BCUT2D eigenvalue weighted by molar-refractivity contribution is 8.00. The Balaban J connectivity index is 0.934. The maximum atomic E-state index is 14.5. The van der Waals surface area contributed by atoms with Crippen molar-refractivity contribution in [2.75, 3.05) is 44.9 Å². The van der Waals surface area contributed by atoms with E-state index in [9.17, 15) is 14.4 Å². The van der Waals surface area contributed by atoms with Crippen LogP contribution in [0, 0.1) is 16.7 Å². The SMILES string of the molecule is CC[C@@H](C)C(=S)N[C@H]1CCS[C@H]2CC(C)(C)[C@@H](C(=O)N[C@H](COCc3cn(CCOC[C@@H](NC(=O)[C@H]4N5C(=O)[C@@H](NC(=S)[C@H](C)NC)CCS[C@H]5CC4(C)C)c4ccccc4)nn3)c3ccccc3)N2C1. The Hall–Kier alpha value is -3.69. The summed E-state index contributed by atoms with van der Waals surface area (Å²) in [6.45, 7) is 17.0. The van der Waals surface area contributed by atoms with E-state index in [0.29, 0.717) is 42.6 Å². The first-order valence-corrected chi connectivity index (χ1v) is 28.2. The molecule has 5 heterocycles. The average Bonchev–Trinajstić information content (AvgIpc) is 3.91. The van der Waals surface area contributed by atoms with Gasteiger partial charge in [0.2, 0.25) is 17.7 Å². The molecule has 0 saturated carbocycles. The topological polar surface area (TPSA) is 167 Å². The molecule has 3 amide bonds. The third-order valence-corrected chi connectivity index (χ3v) is 18.1. The Morgan fingerprint density at radius 1 is 0.817 bits per heavy atom. The molecule has 0 unspecified atom stereocenters. The minimum absolute atomic E-state index is 0.00517. The molecule has 4 aliphatic heterocycles. The largest absolute Gasteiger partial charge is 0.377 e. The van der Waals surface area contributed by atoms with Crippen LogP contribution in [-0.4, -0.2) is 138 Å². The van der Waals surface area contributed by atoms with Gasteiger partial charge in [-0.15, -0.1) is 28.6 Å². The van der Waals surface area contributed by atoms with Gasteiger partial charge in [0.15, 0.2) is 0 Å². The summed E-state index contributed by atoms with van der Waals surface area (Å²) in [4.78, 5) is 49.0. The number of nitrogens with one attached hydrogen (secondary N) is 5. The molecule has 1 aromatic heterocycles. The summed E-state index contributed by atoms with van der Waals surface area (Å²) in [7, 11) is 1.84. The first-order chi connectivity index (χ1) is 34.0. The minimum atomic E-state index is -0.674. The van der Waals surface area contributed by atoms with E-state index in [1.807, 2.05) is 97.5 Å². The summed E-state index contributed by atoms with van der Waals surface area (Å²) in [5.41, 5.74) is 1.84. The van der Waals surface area contributed by atoms with E-state index in [1.165, 1.54) is 0 Å². The number of ether oxygens (including phenoxy) is 2. The number of thioether (sulfide) groups is 2. The van der Waals surface area contributed by atoms with Gasteiger partial charge >= 0.3 is 0 Å². The van der Waals surface area contributed by atoms with Crippen LogP contribution >= 0.6 is 48.0 Å². The number of carbonyl (C=O) groups excluding carboxylic acids is 3. The van der Waals surface area contributed by atoms with Crippen molar-refractivity contribution in [1.82, 2.24) is 51.4 Å². The lowest BCUT2D eigenvalue weighted by Gasteiger charge is -2.35. The summed E-state index contributed by atoms with van der Waals surface area (Å²) in [5, 5.41) is 25.7. The van der Waals surface area contributed by atoms with Gasteiger partial charge in [0.05, 0.1) is 84.1 Å². The lowest BCUT2D eigenvalue weighted by molar-refractivity contribution is -0.142. The van der Waals surface area contributed by atoms with Gasteiger partial charge < -0.3 is 41.0 Å². The zero-order chi connectivity index (χ0) is 50.9. The number of aromatic nitrogens is 3. The number of hydrogen-bond donors (Lipinski definition) is 5. The zero-order valence-corrected chi connectivity index (χ0v) is 46.0. The fraction of sp³-hybridized carbons (Fsp3) is 0.635. The molecule has 4 aliphatic rings. The Bertz CT molecular complexity index is 2270. The van der Waals surface area contributed by atoms with Crippen LogP contribution in [0.5, 0.6) is 0 Å². The lowest BCUT2D eigenvalue weighted by atomic mass is 9.83. The molecule has 7 rings (SSSR count). The summed E-state index contributed by atoms with van der Waals surface area (Å²) in [6, 6.07) is 17.5. The number of benzene rings is 2. The second kappa shape index (κ2) is 25.0. The predicted octanol–water partition coefficient (Wildman–Crippen LogP) is 6.41. The normalized spacial score (nSPS) is 25.6. The maximum absolute atomic E-state index is 14.5. The number of nitrogens with zero attached hydrogens (tertiary/aromatic N) is 5. The molecule has 0 aliphatic carbocycles. The van der Waals surface area contributed by atoms with Crippen LogP contribution in [0.1, 0.15) is 109 Å². The molecule has 15 nitrogen and oxygen atoms in total. The van der Waals surface area contributed by atoms with Crippen molar-refractivity contribution >= 4 is 75.7 Å². The third kappa shape index (κ3) is 13.9. The van der Waals surface area contributed by atoms with Gasteiger partial charge in [0, 0.05) is 18.5 Å². The summed E-state index contributed by atoms with van der Waals surface area (Å²) < 4.78 is 14.3. The molecule has 19 heteroatoms. The number of fused-ring (bicyclic) bond motifs is 2. The van der Waals surface area contributed by atoms with Crippen LogP contribution in [0.4, 0.5) is 0 Å². The van der Waals surface area contributed by atoms with Gasteiger partial charge in [-0.25, -0.2) is 4.68 Å². The summed E-state index contributed by atoms with van der Waals surface area (Å²) >= 11 is 15.1. The number of hydrogen-bond acceptors (Lipinski definition) is 13. The summed E-state index contributed by atoms with van der Waals surface area (Å²) in [6.07, 6.45) is 6.11. The van der Waals surface area contributed by atoms with Crippen molar-refractivity contribution < 1.29 is 23.9 Å². The van der Waals surface area contributed by atoms with Crippen LogP contribution in [0.15, 0.2) is 66.9 Å². The number of rotatable bonds is 21. The molecule has 0 bridgehead atoms. The summed E-state index contributed by atoms with van der Waals surface area (Å²) in [5.74, 6) is 1.83.